The van der Waals surface area contributed by atoms with Crippen molar-refractivity contribution in [2.75, 3.05) is 6.54 Å². The molecule has 0 spiro atoms. The minimum atomic E-state index is -0.332. The van der Waals surface area contributed by atoms with Gasteiger partial charge in [0, 0.05) is 24.7 Å². The van der Waals surface area contributed by atoms with Crippen LogP contribution in [0.5, 0.6) is 0 Å². The second kappa shape index (κ2) is 7.94. The van der Waals surface area contributed by atoms with E-state index in [2.05, 4.69) is 31.1 Å². The second-order valence-corrected chi connectivity index (χ2v) is 5.72. The van der Waals surface area contributed by atoms with Gasteiger partial charge in [-0.2, -0.15) is 0 Å². The number of hydrogen-bond donors (Lipinski definition) is 1. The summed E-state index contributed by atoms with van der Waals surface area (Å²) in [5.74, 6) is 0.550. The Morgan fingerprint density at radius 3 is 2.70 bits per heavy atom. The SMILES string of the molecule is CCCNC(Cc1ncc(C)cc1[N+](=O)[O-])CC(C)C. The zero-order chi connectivity index (χ0) is 15.1. The lowest BCUT2D eigenvalue weighted by molar-refractivity contribution is -0.386. The van der Waals surface area contributed by atoms with Crippen LogP contribution in [-0.2, 0) is 6.42 Å². The van der Waals surface area contributed by atoms with Crippen LogP contribution < -0.4 is 5.32 Å². The fourth-order valence-electron chi connectivity index (χ4n) is 2.29. The molecule has 0 fully saturated rings. The van der Waals surface area contributed by atoms with Crippen molar-refractivity contribution in [1.29, 1.82) is 0 Å². The highest BCUT2D eigenvalue weighted by atomic mass is 16.6. The molecular weight excluding hydrogens is 254 g/mol. The highest BCUT2D eigenvalue weighted by molar-refractivity contribution is 5.38. The molecule has 0 saturated carbocycles. The van der Waals surface area contributed by atoms with Crippen LogP contribution in [0.25, 0.3) is 0 Å². The zero-order valence-electron chi connectivity index (χ0n) is 12.8. The molecule has 0 aliphatic carbocycles. The topological polar surface area (TPSA) is 68.1 Å². The standard InChI is InChI=1S/C15H25N3O2/c1-5-6-16-13(7-11(2)3)9-14-15(18(19)20)8-12(4)10-17-14/h8,10-11,13,16H,5-7,9H2,1-4H3. The highest BCUT2D eigenvalue weighted by Crippen LogP contribution is 2.20. The Morgan fingerprint density at radius 2 is 2.15 bits per heavy atom. The summed E-state index contributed by atoms with van der Waals surface area (Å²) in [7, 11) is 0. The lowest BCUT2D eigenvalue weighted by Gasteiger charge is -2.20. The first-order valence-electron chi connectivity index (χ1n) is 7.27. The van der Waals surface area contributed by atoms with Crippen molar-refractivity contribution in [3.63, 3.8) is 0 Å². The van der Waals surface area contributed by atoms with Gasteiger partial charge >= 0.3 is 0 Å². The minimum Gasteiger partial charge on any atom is -0.314 e. The zero-order valence-corrected chi connectivity index (χ0v) is 12.8. The van der Waals surface area contributed by atoms with Crippen molar-refractivity contribution in [2.24, 2.45) is 5.92 Å². The van der Waals surface area contributed by atoms with E-state index in [0.29, 0.717) is 18.0 Å². The number of nitro groups is 1. The van der Waals surface area contributed by atoms with Crippen LogP contribution in [0.15, 0.2) is 12.3 Å². The maximum Gasteiger partial charge on any atom is 0.291 e. The summed E-state index contributed by atoms with van der Waals surface area (Å²) in [6, 6.07) is 1.85. The van der Waals surface area contributed by atoms with Crippen molar-refractivity contribution < 1.29 is 4.92 Å². The molecule has 0 saturated heterocycles. The van der Waals surface area contributed by atoms with Gasteiger partial charge in [0.15, 0.2) is 0 Å². The van der Waals surface area contributed by atoms with Gasteiger partial charge in [-0.15, -0.1) is 0 Å². The van der Waals surface area contributed by atoms with Gasteiger partial charge in [-0.3, -0.25) is 15.1 Å². The number of aromatic nitrogens is 1. The Hall–Kier alpha value is -1.49. The van der Waals surface area contributed by atoms with E-state index >= 15 is 0 Å². The molecule has 1 N–H and O–H groups in total. The fourth-order valence-corrected chi connectivity index (χ4v) is 2.29. The molecule has 0 amide bonds. The van der Waals surface area contributed by atoms with Crippen LogP contribution in [0.2, 0.25) is 0 Å². The number of nitrogens with zero attached hydrogens (tertiary/aromatic N) is 2. The molecule has 0 bridgehead atoms. The second-order valence-electron chi connectivity index (χ2n) is 5.72. The predicted molar refractivity (Wildman–Crippen MR) is 80.9 cm³/mol. The molecule has 112 valence electrons. The number of rotatable bonds is 8. The van der Waals surface area contributed by atoms with Crippen molar-refractivity contribution in [2.45, 2.75) is 53.0 Å². The average Bonchev–Trinajstić information content (AvgIpc) is 2.37. The normalized spacial score (nSPS) is 12.7. The molecule has 0 aromatic carbocycles. The highest BCUT2D eigenvalue weighted by Gasteiger charge is 2.20. The van der Waals surface area contributed by atoms with E-state index in [1.807, 2.05) is 6.92 Å². The molecule has 1 heterocycles. The molecule has 1 rings (SSSR count). The quantitative estimate of drug-likeness (QED) is 0.586. The van der Waals surface area contributed by atoms with Crippen LogP contribution in [0.4, 0.5) is 5.69 Å². The molecule has 0 radical (unpaired) electrons. The van der Waals surface area contributed by atoms with E-state index in [1.165, 1.54) is 0 Å². The van der Waals surface area contributed by atoms with E-state index in [9.17, 15) is 10.1 Å². The van der Waals surface area contributed by atoms with Crippen molar-refractivity contribution >= 4 is 5.69 Å². The fraction of sp³-hybridized carbons (Fsp3) is 0.667. The van der Waals surface area contributed by atoms with Gasteiger partial charge in [-0.1, -0.05) is 20.8 Å². The van der Waals surface area contributed by atoms with Crippen LogP contribution in [0.3, 0.4) is 0 Å². The largest absolute Gasteiger partial charge is 0.314 e. The molecule has 5 nitrogen and oxygen atoms in total. The summed E-state index contributed by atoms with van der Waals surface area (Å²) in [4.78, 5) is 15.1. The number of hydrogen-bond acceptors (Lipinski definition) is 4. The summed E-state index contributed by atoms with van der Waals surface area (Å²) >= 11 is 0. The van der Waals surface area contributed by atoms with Gasteiger partial charge in [0.2, 0.25) is 0 Å². The van der Waals surface area contributed by atoms with Crippen molar-refractivity contribution in [1.82, 2.24) is 10.3 Å². The maximum atomic E-state index is 11.1. The average molecular weight is 279 g/mol. The maximum absolute atomic E-state index is 11.1. The van der Waals surface area contributed by atoms with Crippen LogP contribution in [-0.4, -0.2) is 22.5 Å². The Morgan fingerprint density at radius 1 is 1.45 bits per heavy atom. The number of pyridine rings is 1. The molecular formula is C15H25N3O2. The molecule has 1 aromatic rings. The summed E-state index contributed by atoms with van der Waals surface area (Å²) in [5, 5.41) is 14.6. The summed E-state index contributed by atoms with van der Waals surface area (Å²) in [6.45, 7) is 9.20. The van der Waals surface area contributed by atoms with Gasteiger partial charge in [0.05, 0.1) is 4.92 Å². The van der Waals surface area contributed by atoms with Gasteiger partial charge in [-0.25, -0.2) is 0 Å². The van der Waals surface area contributed by atoms with Crippen molar-refractivity contribution in [3.05, 3.63) is 33.6 Å². The Balaban J connectivity index is 2.88. The third-order valence-corrected chi connectivity index (χ3v) is 3.16. The van der Waals surface area contributed by atoms with Crippen molar-refractivity contribution in [3.8, 4) is 0 Å². The Kier molecular flexibility index (Phi) is 6.58. The summed E-state index contributed by atoms with van der Waals surface area (Å²) < 4.78 is 0. The van der Waals surface area contributed by atoms with Crippen LogP contribution >= 0.6 is 0 Å². The molecule has 1 atom stereocenters. The molecule has 5 heteroatoms. The molecule has 1 aromatic heterocycles. The van der Waals surface area contributed by atoms with E-state index in [0.717, 1.165) is 24.9 Å². The van der Waals surface area contributed by atoms with E-state index in [1.54, 1.807) is 12.3 Å². The first-order valence-corrected chi connectivity index (χ1v) is 7.27. The summed E-state index contributed by atoms with van der Waals surface area (Å²) in [5.41, 5.74) is 1.54. The first kappa shape index (κ1) is 16.6. The number of aryl methyl sites for hydroxylation is 1. The molecule has 1 unspecified atom stereocenters. The molecule has 0 aliphatic rings. The smallest absolute Gasteiger partial charge is 0.291 e. The van der Waals surface area contributed by atoms with Crippen LogP contribution in [0.1, 0.15) is 44.9 Å². The van der Waals surface area contributed by atoms with Gasteiger partial charge in [-0.05, 0) is 37.8 Å². The minimum absolute atomic E-state index is 0.136. The lowest BCUT2D eigenvalue weighted by Crippen LogP contribution is -2.33. The first-order chi connectivity index (χ1) is 9.43. The summed E-state index contributed by atoms with van der Waals surface area (Å²) in [6.07, 6.45) is 4.36. The Labute approximate surface area is 121 Å². The monoisotopic (exact) mass is 279 g/mol. The number of nitrogens with one attached hydrogen (secondary N) is 1. The Bertz CT molecular complexity index is 447. The van der Waals surface area contributed by atoms with E-state index < -0.39 is 0 Å². The van der Waals surface area contributed by atoms with Crippen LogP contribution in [0, 0.1) is 23.0 Å². The lowest BCUT2D eigenvalue weighted by atomic mass is 9.98. The molecule has 0 aliphatic heterocycles. The molecule has 20 heavy (non-hydrogen) atoms. The predicted octanol–water partition coefficient (Wildman–Crippen LogP) is 3.26. The van der Waals surface area contributed by atoms with Gasteiger partial charge < -0.3 is 5.32 Å². The third kappa shape index (κ3) is 5.25. The van der Waals surface area contributed by atoms with E-state index in [-0.39, 0.29) is 16.7 Å². The van der Waals surface area contributed by atoms with Gasteiger partial charge in [0.25, 0.3) is 5.69 Å². The third-order valence-electron chi connectivity index (χ3n) is 3.16. The van der Waals surface area contributed by atoms with Gasteiger partial charge in [0.1, 0.15) is 5.69 Å². The van der Waals surface area contributed by atoms with E-state index in [4.69, 9.17) is 0 Å².